The molecule has 5 heteroatoms. The van der Waals surface area contributed by atoms with Crippen LogP contribution in [0.5, 0.6) is 5.75 Å². The predicted octanol–water partition coefficient (Wildman–Crippen LogP) is 1.99. The van der Waals surface area contributed by atoms with E-state index in [4.69, 9.17) is 0 Å². The normalized spacial score (nSPS) is 16.8. The third-order valence-electron chi connectivity index (χ3n) is 4.28. The van der Waals surface area contributed by atoms with E-state index >= 15 is 0 Å². The molecule has 1 N–H and O–H groups in total. The minimum atomic E-state index is 0.360. The van der Waals surface area contributed by atoms with Gasteiger partial charge in [0, 0.05) is 56.2 Å². The molecule has 1 aromatic heterocycles. The number of hydrogen-bond acceptors (Lipinski definition) is 5. The van der Waals surface area contributed by atoms with Gasteiger partial charge in [0.25, 0.3) is 0 Å². The maximum absolute atomic E-state index is 10.1. The smallest absolute Gasteiger partial charge is 0.120 e. The molecule has 1 fully saturated rings. The highest BCUT2D eigenvalue weighted by Crippen LogP contribution is 2.26. The molecule has 2 aromatic rings. The molecule has 1 aliphatic heterocycles. The number of phenolic OH excluding ortho intramolecular Hbond substituents is 1. The Bertz CT molecular complexity index is 609. The van der Waals surface area contributed by atoms with Crippen LogP contribution in [0.3, 0.4) is 0 Å². The molecule has 0 bridgehead atoms. The van der Waals surface area contributed by atoms with Crippen LogP contribution in [0.1, 0.15) is 12.5 Å². The number of hydrogen-bond donors (Lipinski definition) is 1. The number of phenols is 1. The number of aromatic hydroxyl groups is 1. The Morgan fingerprint density at radius 2 is 1.68 bits per heavy atom. The van der Waals surface area contributed by atoms with Gasteiger partial charge in [0.1, 0.15) is 12.1 Å². The Balaban J connectivity index is 1.74. The fraction of sp³-hybridized carbons (Fsp3) is 0.412. The average Bonchev–Trinajstić information content (AvgIpc) is 2.58. The second-order valence-corrected chi connectivity index (χ2v) is 5.68. The Morgan fingerprint density at radius 3 is 2.36 bits per heavy atom. The summed E-state index contributed by atoms with van der Waals surface area (Å²) >= 11 is 0. The first kappa shape index (κ1) is 14.9. The molecule has 1 aromatic carbocycles. The number of nitrogens with zero attached hydrogens (tertiary/aromatic N) is 4. The highest BCUT2D eigenvalue weighted by molar-refractivity contribution is 5.63. The monoisotopic (exact) mass is 298 g/mol. The Labute approximate surface area is 131 Å². The van der Waals surface area contributed by atoms with Crippen molar-refractivity contribution in [1.29, 1.82) is 0 Å². The van der Waals surface area contributed by atoms with Crippen LogP contribution in [-0.2, 0) is 6.54 Å². The maximum atomic E-state index is 10.1. The average molecular weight is 298 g/mol. The lowest BCUT2D eigenvalue weighted by atomic mass is 10.0. The van der Waals surface area contributed by atoms with Gasteiger partial charge in [-0.3, -0.25) is 4.90 Å². The van der Waals surface area contributed by atoms with Crippen molar-refractivity contribution in [3.8, 4) is 16.9 Å². The minimum absolute atomic E-state index is 0.360. The van der Waals surface area contributed by atoms with E-state index in [0.29, 0.717) is 5.75 Å². The summed E-state index contributed by atoms with van der Waals surface area (Å²) in [6, 6.07) is 5.72. The lowest BCUT2D eigenvalue weighted by Gasteiger charge is -2.34. The molecule has 22 heavy (non-hydrogen) atoms. The predicted molar refractivity (Wildman–Crippen MR) is 86.5 cm³/mol. The van der Waals surface area contributed by atoms with Crippen molar-refractivity contribution in [2.45, 2.75) is 13.5 Å². The highest BCUT2D eigenvalue weighted by atomic mass is 16.3. The van der Waals surface area contributed by atoms with E-state index in [0.717, 1.165) is 56.0 Å². The van der Waals surface area contributed by atoms with Gasteiger partial charge in [-0.1, -0.05) is 13.0 Å². The summed E-state index contributed by atoms with van der Waals surface area (Å²) in [5.41, 5.74) is 2.98. The molecule has 0 unspecified atom stereocenters. The summed E-state index contributed by atoms with van der Waals surface area (Å²) in [6.07, 6.45) is 5.12. The van der Waals surface area contributed by atoms with Gasteiger partial charge in [-0.15, -0.1) is 0 Å². The zero-order valence-corrected chi connectivity index (χ0v) is 12.9. The largest absolute Gasteiger partial charge is 0.508 e. The van der Waals surface area contributed by atoms with Crippen molar-refractivity contribution in [2.75, 3.05) is 32.7 Å². The summed E-state index contributed by atoms with van der Waals surface area (Å²) in [7, 11) is 0. The summed E-state index contributed by atoms with van der Waals surface area (Å²) in [5.74, 6) is 0.360. The van der Waals surface area contributed by atoms with Crippen LogP contribution in [0.4, 0.5) is 0 Å². The molecule has 116 valence electrons. The molecule has 1 saturated heterocycles. The zero-order chi connectivity index (χ0) is 15.4. The second-order valence-electron chi connectivity index (χ2n) is 5.68. The quantitative estimate of drug-likeness (QED) is 0.935. The van der Waals surface area contributed by atoms with Crippen LogP contribution < -0.4 is 0 Å². The maximum Gasteiger partial charge on any atom is 0.120 e. The van der Waals surface area contributed by atoms with Crippen LogP contribution in [0.25, 0.3) is 11.1 Å². The summed E-state index contributed by atoms with van der Waals surface area (Å²) < 4.78 is 0. The van der Waals surface area contributed by atoms with Crippen LogP contribution in [0, 0.1) is 0 Å². The van der Waals surface area contributed by atoms with Gasteiger partial charge < -0.3 is 10.0 Å². The Morgan fingerprint density at radius 1 is 1.00 bits per heavy atom. The van der Waals surface area contributed by atoms with E-state index in [-0.39, 0.29) is 0 Å². The molecule has 0 saturated carbocycles. The van der Waals surface area contributed by atoms with E-state index < -0.39 is 0 Å². The first-order chi connectivity index (χ1) is 10.8. The van der Waals surface area contributed by atoms with Gasteiger partial charge in [-0.25, -0.2) is 9.97 Å². The van der Waals surface area contributed by atoms with Crippen molar-refractivity contribution in [3.63, 3.8) is 0 Å². The van der Waals surface area contributed by atoms with Gasteiger partial charge >= 0.3 is 0 Å². The zero-order valence-electron chi connectivity index (χ0n) is 12.9. The van der Waals surface area contributed by atoms with Gasteiger partial charge in [-0.05, 0) is 24.2 Å². The molecule has 0 radical (unpaired) electrons. The van der Waals surface area contributed by atoms with Gasteiger partial charge in [0.2, 0.25) is 0 Å². The fourth-order valence-corrected chi connectivity index (χ4v) is 2.84. The van der Waals surface area contributed by atoms with Crippen molar-refractivity contribution < 1.29 is 5.11 Å². The van der Waals surface area contributed by atoms with Crippen molar-refractivity contribution in [2.24, 2.45) is 0 Å². The lowest BCUT2D eigenvalue weighted by Crippen LogP contribution is -2.45. The van der Waals surface area contributed by atoms with E-state index in [1.165, 1.54) is 6.33 Å². The summed E-state index contributed by atoms with van der Waals surface area (Å²) in [4.78, 5) is 13.0. The second kappa shape index (κ2) is 6.85. The highest BCUT2D eigenvalue weighted by Gasteiger charge is 2.17. The van der Waals surface area contributed by atoms with Crippen molar-refractivity contribution >= 4 is 0 Å². The molecule has 0 atom stereocenters. The van der Waals surface area contributed by atoms with Crippen molar-refractivity contribution in [1.82, 2.24) is 19.8 Å². The van der Waals surface area contributed by atoms with E-state index in [1.54, 1.807) is 18.5 Å². The fourth-order valence-electron chi connectivity index (χ4n) is 2.84. The number of aromatic nitrogens is 2. The molecule has 2 heterocycles. The molecular weight excluding hydrogens is 276 g/mol. The van der Waals surface area contributed by atoms with Gasteiger partial charge in [-0.2, -0.15) is 0 Å². The first-order valence-electron chi connectivity index (χ1n) is 7.78. The molecule has 5 nitrogen and oxygen atoms in total. The molecule has 1 aliphatic rings. The summed E-state index contributed by atoms with van der Waals surface area (Å²) in [6.45, 7) is 8.39. The third kappa shape index (κ3) is 3.43. The van der Waals surface area contributed by atoms with Crippen LogP contribution in [-0.4, -0.2) is 57.6 Å². The molecule has 0 amide bonds. The molecule has 0 aliphatic carbocycles. The molecule has 0 spiro atoms. The summed E-state index contributed by atoms with van der Waals surface area (Å²) in [5, 5.41) is 10.1. The van der Waals surface area contributed by atoms with E-state index in [9.17, 15) is 5.11 Å². The van der Waals surface area contributed by atoms with E-state index in [2.05, 4.69) is 26.7 Å². The molecular formula is C17H22N4O. The van der Waals surface area contributed by atoms with Gasteiger partial charge in [0.05, 0.1) is 0 Å². The van der Waals surface area contributed by atoms with E-state index in [1.807, 2.05) is 12.1 Å². The van der Waals surface area contributed by atoms with Crippen LogP contribution >= 0.6 is 0 Å². The number of benzene rings is 1. The minimum Gasteiger partial charge on any atom is -0.508 e. The van der Waals surface area contributed by atoms with Crippen LogP contribution in [0.15, 0.2) is 36.9 Å². The lowest BCUT2D eigenvalue weighted by molar-refractivity contribution is 0.131. The van der Waals surface area contributed by atoms with Gasteiger partial charge in [0.15, 0.2) is 0 Å². The number of piperazine rings is 1. The first-order valence-corrected chi connectivity index (χ1v) is 7.78. The Kier molecular flexibility index (Phi) is 4.65. The standard InChI is InChI=1S/C17H22N4O/c1-2-20-5-7-21(8-6-20)12-15-9-14(3-4-17(15)22)16-10-18-13-19-11-16/h3-4,9-11,13,22H,2,5-8,12H2,1H3. The molecule has 3 rings (SSSR count). The van der Waals surface area contributed by atoms with Crippen molar-refractivity contribution in [3.05, 3.63) is 42.5 Å². The Hall–Kier alpha value is -1.98. The SMILES string of the molecule is CCN1CCN(Cc2cc(-c3cncnc3)ccc2O)CC1. The van der Waals surface area contributed by atoms with Crippen LogP contribution in [0.2, 0.25) is 0 Å². The number of likely N-dealkylation sites (N-methyl/N-ethyl adjacent to an activating group) is 1. The topological polar surface area (TPSA) is 52.5 Å². The third-order valence-corrected chi connectivity index (χ3v) is 4.28. The number of rotatable bonds is 4.